The van der Waals surface area contributed by atoms with Crippen molar-refractivity contribution < 1.29 is 18.4 Å². The number of nitrogens with one attached hydrogen (secondary N) is 1. The SMILES string of the molecule is Cc1cc(C(=O)NC[C@@H]2CC(=O)N(C)[C@H]2c2ccncc2)c(F)cc1F. The number of amides is 2. The molecule has 1 saturated heterocycles. The summed E-state index contributed by atoms with van der Waals surface area (Å²) in [5, 5.41) is 2.67. The smallest absolute Gasteiger partial charge is 0.254 e. The predicted octanol–water partition coefficient (Wildman–Crippen LogP) is 2.62. The van der Waals surface area contributed by atoms with E-state index < -0.39 is 17.5 Å². The second kappa shape index (κ2) is 7.19. The molecule has 3 rings (SSSR count). The van der Waals surface area contributed by atoms with Gasteiger partial charge in [0.2, 0.25) is 5.91 Å². The van der Waals surface area contributed by atoms with Crippen molar-refractivity contribution in [2.24, 2.45) is 5.92 Å². The fourth-order valence-electron chi connectivity index (χ4n) is 3.34. The molecule has 1 aliphatic rings. The van der Waals surface area contributed by atoms with E-state index in [9.17, 15) is 18.4 Å². The molecule has 26 heavy (non-hydrogen) atoms. The molecule has 5 nitrogen and oxygen atoms in total. The normalized spacial score (nSPS) is 19.7. The van der Waals surface area contributed by atoms with Gasteiger partial charge in [0.1, 0.15) is 11.6 Å². The molecule has 1 aromatic carbocycles. The van der Waals surface area contributed by atoms with Crippen molar-refractivity contribution in [3.8, 4) is 0 Å². The average molecular weight is 359 g/mol. The van der Waals surface area contributed by atoms with E-state index in [-0.39, 0.29) is 42.0 Å². The number of aromatic nitrogens is 1. The van der Waals surface area contributed by atoms with Crippen LogP contribution in [0.5, 0.6) is 0 Å². The van der Waals surface area contributed by atoms with Gasteiger partial charge in [0, 0.05) is 44.4 Å². The summed E-state index contributed by atoms with van der Waals surface area (Å²) in [6.07, 6.45) is 3.59. The fraction of sp³-hybridized carbons (Fsp3) is 0.316. The number of benzene rings is 1. The summed E-state index contributed by atoms with van der Waals surface area (Å²) < 4.78 is 27.2. The Morgan fingerprint density at radius 1 is 1.27 bits per heavy atom. The number of carbonyl (C=O) groups is 2. The zero-order valence-corrected chi connectivity index (χ0v) is 14.5. The van der Waals surface area contributed by atoms with Crippen molar-refractivity contribution >= 4 is 11.8 Å². The highest BCUT2D eigenvalue weighted by molar-refractivity contribution is 5.94. The Labute approximate surface area is 150 Å². The van der Waals surface area contributed by atoms with Crippen molar-refractivity contribution in [2.45, 2.75) is 19.4 Å². The van der Waals surface area contributed by atoms with Gasteiger partial charge in [-0.3, -0.25) is 14.6 Å². The van der Waals surface area contributed by atoms with Crippen LogP contribution in [0.4, 0.5) is 8.78 Å². The molecule has 0 bridgehead atoms. The Morgan fingerprint density at radius 2 is 1.96 bits per heavy atom. The van der Waals surface area contributed by atoms with Crippen LogP contribution < -0.4 is 5.32 Å². The first-order chi connectivity index (χ1) is 12.4. The lowest BCUT2D eigenvalue weighted by atomic mass is 9.94. The Morgan fingerprint density at radius 3 is 2.65 bits per heavy atom. The molecule has 1 N–H and O–H groups in total. The number of carbonyl (C=O) groups excluding carboxylic acids is 2. The van der Waals surface area contributed by atoms with E-state index in [2.05, 4.69) is 10.3 Å². The van der Waals surface area contributed by atoms with E-state index in [1.165, 1.54) is 13.0 Å². The number of aryl methyl sites for hydroxylation is 1. The number of hydrogen-bond acceptors (Lipinski definition) is 3. The molecule has 0 unspecified atom stereocenters. The third-order valence-electron chi connectivity index (χ3n) is 4.76. The van der Waals surface area contributed by atoms with Gasteiger partial charge < -0.3 is 10.2 Å². The van der Waals surface area contributed by atoms with E-state index in [1.807, 2.05) is 12.1 Å². The maximum Gasteiger partial charge on any atom is 0.254 e. The monoisotopic (exact) mass is 359 g/mol. The molecule has 136 valence electrons. The highest BCUT2D eigenvalue weighted by Gasteiger charge is 2.38. The van der Waals surface area contributed by atoms with Crippen LogP contribution in [0.25, 0.3) is 0 Å². The number of nitrogens with zero attached hydrogens (tertiary/aromatic N) is 2. The molecule has 0 spiro atoms. The van der Waals surface area contributed by atoms with Gasteiger partial charge in [0.05, 0.1) is 11.6 Å². The van der Waals surface area contributed by atoms with Crippen LogP contribution in [0.3, 0.4) is 0 Å². The summed E-state index contributed by atoms with van der Waals surface area (Å²) in [4.78, 5) is 30.1. The molecule has 0 aliphatic carbocycles. The molecule has 2 atom stereocenters. The minimum atomic E-state index is -0.907. The standard InChI is InChI=1S/C19H19F2N3O2/c1-11-7-14(16(21)9-15(11)20)19(26)23-10-13-8-17(25)24(2)18(13)12-3-5-22-6-4-12/h3-7,9,13,18H,8,10H2,1-2H3,(H,23,26)/t13-,18-/m0/s1. The number of likely N-dealkylation sites (tertiary alicyclic amines) is 1. The highest BCUT2D eigenvalue weighted by atomic mass is 19.1. The van der Waals surface area contributed by atoms with E-state index >= 15 is 0 Å². The summed E-state index contributed by atoms with van der Waals surface area (Å²) in [5.74, 6) is -2.39. The summed E-state index contributed by atoms with van der Waals surface area (Å²) in [6, 6.07) is 5.36. The lowest BCUT2D eigenvalue weighted by Crippen LogP contribution is -2.33. The van der Waals surface area contributed by atoms with Crippen LogP contribution in [-0.4, -0.2) is 35.3 Å². The lowest BCUT2D eigenvalue weighted by Gasteiger charge is -2.25. The first kappa shape index (κ1) is 18.0. The van der Waals surface area contributed by atoms with Gasteiger partial charge in [-0.25, -0.2) is 8.78 Å². The van der Waals surface area contributed by atoms with Crippen molar-refractivity contribution in [3.05, 3.63) is 65.0 Å². The number of pyridine rings is 1. The molecule has 7 heteroatoms. The van der Waals surface area contributed by atoms with Crippen molar-refractivity contribution in [1.29, 1.82) is 0 Å². The van der Waals surface area contributed by atoms with E-state index in [1.54, 1.807) is 24.3 Å². The lowest BCUT2D eigenvalue weighted by molar-refractivity contribution is -0.127. The van der Waals surface area contributed by atoms with Crippen LogP contribution in [0.2, 0.25) is 0 Å². The third-order valence-corrected chi connectivity index (χ3v) is 4.76. The molecule has 0 radical (unpaired) electrons. The number of rotatable bonds is 4. The van der Waals surface area contributed by atoms with Gasteiger partial charge in [-0.1, -0.05) is 0 Å². The van der Waals surface area contributed by atoms with Crippen LogP contribution in [-0.2, 0) is 4.79 Å². The summed E-state index contributed by atoms with van der Waals surface area (Å²) >= 11 is 0. The van der Waals surface area contributed by atoms with Crippen molar-refractivity contribution in [3.63, 3.8) is 0 Å². The first-order valence-corrected chi connectivity index (χ1v) is 8.28. The molecule has 2 heterocycles. The van der Waals surface area contributed by atoms with Gasteiger partial charge in [-0.15, -0.1) is 0 Å². The minimum absolute atomic E-state index is 0.0186. The molecule has 0 saturated carbocycles. The summed E-state index contributed by atoms with van der Waals surface area (Å²) in [5.41, 5.74) is 0.917. The first-order valence-electron chi connectivity index (χ1n) is 8.28. The number of hydrogen-bond donors (Lipinski definition) is 1. The van der Waals surface area contributed by atoms with E-state index in [0.29, 0.717) is 6.07 Å². The van der Waals surface area contributed by atoms with E-state index in [4.69, 9.17) is 0 Å². The van der Waals surface area contributed by atoms with Gasteiger partial charge in [0.25, 0.3) is 5.91 Å². The molecular weight excluding hydrogens is 340 g/mol. The third kappa shape index (κ3) is 3.42. The van der Waals surface area contributed by atoms with Crippen molar-refractivity contribution in [2.75, 3.05) is 13.6 Å². The Balaban J connectivity index is 1.75. The molecule has 2 aromatic rings. The Hall–Kier alpha value is -2.83. The summed E-state index contributed by atoms with van der Waals surface area (Å²) in [6.45, 7) is 1.67. The van der Waals surface area contributed by atoms with Gasteiger partial charge >= 0.3 is 0 Å². The van der Waals surface area contributed by atoms with Crippen LogP contribution in [0.15, 0.2) is 36.7 Å². The van der Waals surface area contributed by atoms with Crippen LogP contribution in [0, 0.1) is 24.5 Å². The minimum Gasteiger partial charge on any atom is -0.352 e. The zero-order valence-electron chi connectivity index (χ0n) is 14.5. The maximum absolute atomic E-state index is 13.9. The largest absolute Gasteiger partial charge is 0.352 e. The second-order valence-corrected chi connectivity index (χ2v) is 6.49. The highest BCUT2D eigenvalue weighted by Crippen LogP contribution is 2.36. The van der Waals surface area contributed by atoms with Crippen LogP contribution in [0.1, 0.15) is 33.9 Å². The number of halogens is 2. The fourth-order valence-corrected chi connectivity index (χ4v) is 3.34. The van der Waals surface area contributed by atoms with Crippen molar-refractivity contribution in [1.82, 2.24) is 15.2 Å². The Bertz CT molecular complexity index is 842. The average Bonchev–Trinajstić information content (AvgIpc) is 2.91. The van der Waals surface area contributed by atoms with Gasteiger partial charge in [0.15, 0.2) is 0 Å². The molecule has 1 aromatic heterocycles. The van der Waals surface area contributed by atoms with Gasteiger partial charge in [-0.05, 0) is 36.2 Å². The molecule has 1 fully saturated rings. The van der Waals surface area contributed by atoms with Crippen LogP contribution >= 0.6 is 0 Å². The van der Waals surface area contributed by atoms with E-state index in [0.717, 1.165) is 5.56 Å². The molecular formula is C19H19F2N3O2. The molecule has 1 aliphatic heterocycles. The predicted molar refractivity (Wildman–Crippen MR) is 91.3 cm³/mol. The van der Waals surface area contributed by atoms with Gasteiger partial charge in [-0.2, -0.15) is 0 Å². The maximum atomic E-state index is 13.9. The topological polar surface area (TPSA) is 62.3 Å². The quantitative estimate of drug-likeness (QED) is 0.913. The summed E-state index contributed by atoms with van der Waals surface area (Å²) in [7, 11) is 1.72. The Kier molecular flexibility index (Phi) is 4.97. The molecule has 2 amide bonds. The zero-order chi connectivity index (χ0) is 18.8. The second-order valence-electron chi connectivity index (χ2n) is 6.49.